The lowest BCUT2D eigenvalue weighted by atomic mass is 10.5. The van der Waals surface area contributed by atoms with Gasteiger partial charge in [0.1, 0.15) is 0 Å². The Kier molecular flexibility index (Phi) is 10.4. The first-order chi connectivity index (χ1) is 5.77. The van der Waals surface area contributed by atoms with Crippen LogP contribution in [0.3, 0.4) is 0 Å². The molecular weight excluding hydrogens is 258 g/mol. The van der Waals surface area contributed by atoms with E-state index in [-0.39, 0.29) is 5.91 Å². The zero-order chi connectivity index (χ0) is 10.9. The second-order valence-corrected chi connectivity index (χ2v) is 5.25. The Labute approximate surface area is 96.9 Å². The van der Waals surface area contributed by atoms with E-state index in [1.54, 1.807) is 0 Å². The molecule has 0 atom stereocenters. The van der Waals surface area contributed by atoms with Gasteiger partial charge in [-0.15, -0.1) is 0 Å². The van der Waals surface area contributed by atoms with E-state index in [1.165, 1.54) is 6.92 Å². The molecule has 1 amide bonds. The summed E-state index contributed by atoms with van der Waals surface area (Å²) in [5.74, 6) is -0.0831. The predicted octanol–water partition coefficient (Wildman–Crippen LogP) is 2.59. The number of rotatable bonds is 2. The molecule has 0 saturated heterocycles. The maximum absolute atomic E-state index is 10.1. The number of alkyl halides is 4. The van der Waals surface area contributed by atoms with Crippen molar-refractivity contribution in [1.82, 2.24) is 5.32 Å². The molecule has 0 bridgehead atoms. The first-order valence-corrected chi connectivity index (χ1v) is 4.65. The Morgan fingerprint density at radius 1 is 1.46 bits per heavy atom. The number of hydrogen-bond donors (Lipinski definition) is 1. The Hall–Kier alpha value is 0.120. The minimum atomic E-state index is -1.61. The van der Waals surface area contributed by atoms with Gasteiger partial charge in [-0.3, -0.25) is 4.79 Å². The van der Waals surface area contributed by atoms with Crippen LogP contribution in [0.15, 0.2) is 0 Å². The minimum absolute atomic E-state index is 0.0831. The first kappa shape index (κ1) is 15.6. The van der Waals surface area contributed by atoms with Crippen LogP contribution in [0.5, 0.6) is 0 Å². The van der Waals surface area contributed by atoms with Gasteiger partial charge in [0.25, 0.3) is 3.25 Å². The average molecular weight is 266 g/mol. The molecule has 0 aliphatic heterocycles. The molecule has 0 aliphatic rings. The molecule has 0 aromatic carbocycles. The standard InChI is InChI=1S/C5H8N2O.CCl4/c1-5(8)7-4-2-3-6;2-1(3,4)5/h2,4H2,1H3,(H,7,8);. The van der Waals surface area contributed by atoms with Crippen LogP contribution >= 0.6 is 46.4 Å². The molecule has 3 nitrogen and oxygen atoms in total. The highest BCUT2D eigenvalue weighted by atomic mass is 35.6. The van der Waals surface area contributed by atoms with Crippen molar-refractivity contribution in [3.05, 3.63) is 0 Å². The minimum Gasteiger partial charge on any atom is -0.355 e. The Morgan fingerprint density at radius 2 is 1.85 bits per heavy atom. The third kappa shape index (κ3) is 47.4. The molecule has 7 heteroatoms. The monoisotopic (exact) mass is 264 g/mol. The Balaban J connectivity index is 0. The average Bonchev–Trinajstić information content (AvgIpc) is 1.83. The summed E-state index contributed by atoms with van der Waals surface area (Å²) in [7, 11) is 0. The fourth-order valence-corrected chi connectivity index (χ4v) is 0.294. The number of carbonyl (C=O) groups excluding carboxylic acids is 1. The number of carbonyl (C=O) groups is 1. The summed E-state index contributed by atoms with van der Waals surface area (Å²) in [5, 5.41) is 10.5. The SMILES string of the molecule is CC(=O)NCCC#N.ClC(Cl)(Cl)Cl. The summed E-state index contributed by atoms with van der Waals surface area (Å²) >= 11 is 19.3. The van der Waals surface area contributed by atoms with Gasteiger partial charge in [-0.25, -0.2) is 0 Å². The summed E-state index contributed by atoms with van der Waals surface area (Å²) in [4.78, 5) is 10.1. The number of nitrogens with one attached hydrogen (secondary N) is 1. The van der Waals surface area contributed by atoms with Gasteiger partial charge >= 0.3 is 0 Å². The number of nitriles is 1. The topological polar surface area (TPSA) is 52.9 Å². The van der Waals surface area contributed by atoms with Gasteiger partial charge in [-0.2, -0.15) is 5.26 Å². The molecule has 0 spiro atoms. The third-order valence-corrected chi connectivity index (χ3v) is 0.611. The van der Waals surface area contributed by atoms with Crippen molar-refractivity contribution in [2.45, 2.75) is 16.6 Å². The fraction of sp³-hybridized carbons (Fsp3) is 0.667. The van der Waals surface area contributed by atoms with Crippen molar-refractivity contribution in [2.75, 3.05) is 6.54 Å². The molecule has 0 rings (SSSR count). The highest BCUT2D eigenvalue weighted by molar-refractivity contribution is 6.83. The van der Waals surface area contributed by atoms with Crippen molar-refractivity contribution in [1.29, 1.82) is 5.26 Å². The van der Waals surface area contributed by atoms with E-state index in [1.807, 2.05) is 6.07 Å². The van der Waals surface area contributed by atoms with E-state index >= 15 is 0 Å². The zero-order valence-corrected chi connectivity index (χ0v) is 9.81. The smallest absolute Gasteiger partial charge is 0.266 e. The van der Waals surface area contributed by atoms with E-state index in [0.717, 1.165) is 0 Å². The largest absolute Gasteiger partial charge is 0.355 e. The van der Waals surface area contributed by atoms with Crippen LogP contribution in [0.4, 0.5) is 0 Å². The van der Waals surface area contributed by atoms with E-state index in [9.17, 15) is 4.79 Å². The fourth-order valence-electron chi connectivity index (χ4n) is 0.294. The molecule has 0 radical (unpaired) electrons. The second kappa shape index (κ2) is 8.71. The molecular formula is C6H8Cl4N2O. The van der Waals surface area contributed by atoms with Gasteiger partial charge in [0.2, 0.25) is 5.91 Å². The van der Waals surface area contributed by atoms with Gasteiger partial charge < -0.3 is 5.32 Å². The van der Waals surface area contributed by atoms with Crippen LogP contribution in [0.2, 0.25) is 0 Å². The van der Waals surface area contributed by atoms with Crippen LogP contribution in [-0.4, -0.2) is 15.7 Å². The zero-order valence-electron chi connectivity index (χ0n) is 6.78. The Bertz CT molecular complexity index is 178. The molecule has 0 unspecified atom stereocenters. The lowest BCUT2D eigenvalue weighted by molar-refractivity contribution is -0.118. The van der Waals surface area contributed by atoms with Crippen molar-refractivity contribution in [3.8, 4) is 6.07 Å². The van der Waals surface area contributed by atoms with Crippen molar-refractivity contribution >= 4 is 52.3 Å². The summed E-state index contributed by atoms with van der Waals surface area (Å²) < 4.78 is -1.61. The number of amides is 1. The van der Waals surface area contributed by atoms with Crippen LogP contribution in [0.1, 0.15) is 13.3 Å². The summed E-state index contributed by atoms with van der Waals surface area (Å²) in [6.45, 7) is 1.89. The highest BCUT2D eigenvalue weighted by Crippen LogP contribution is 2.29. The van der Waals surface area contributed by atoms with Gasteiger partial charge in [-0.05, 0) is 0 Å². The quantitative estimate of drug-likeness (QED) is 0.616. The van der Waals surface area contributed by atoms with E-state index in [2.05, 4.69) is 5.32 Å². The molecule has 76 valence electrons. The summed E-state index contributed by atoms with van der Waals surface area (Å²) in [6, 6.07) is 1.91. The number of hydrogen-bond acceptors (Lipinski definition) is 2. The van der Waals surface area contributed by atoms with Crippen LogP contribution in [-0.2, 0) is 4.79 Å². The van der Waals surface area contributed by atoms with Gasteiger partial charge in [0.15, 0.2) is 0 Å². The van der Waals surface area contributed by atoms with Crippen LogP contribution in [0, 0.1) is 11.3 Å². The molecule has 0 aromatic rings. The number of halogens is 4. The lowest BCUT2D eigenvalue weighted by Crippen LogP contribution is -2.20. The van der Waals surface area contributed by atoms with E-state index < -0.39 is 3.25 Å². The van der Waals surface area contributed by atoms with Crippen molar-refractivity contribution in [3.63, 3.8) is 0 Å². The van der Waals surface area contributed by atoms with Gasteiger partial charge in [0.05, 0.1) is 12.5 Å². The first-order valence-electron chi connectivity index (χ1n) is 3.14. The molecule has 0 aromatic heterocycles. The molecule has 0 aliphatic carbocycles. The molecule has 1 N–H and O–H groups in total. The second-order valence-electron chi connectivity index (χ2n) is 1.82. The Morgan fingerprint density at radius 3 is 2.08 bits per heavy atom. The molecule has 13 heavy (non-hydrogen) atoms. The number of nitrogens with zero attached hydrogens (tertiary/aromatic N) is 1. The lowest BCUT2D eigenvalue weighted by Gasteiger charge is -1.92. The van der Waals surface area contributed by atoms with Crippen molar-refractivity contribution in [2.24, 2.45) is 0 Å². The maximum atomic E-state index is 10.1. The maximum Gasteiger partial charge on any atom is 0.266 e. The molecule has 0 heterocycles. The molecule has 0 saturated carbocycles. The normalized spacial score (nSPS) is 9.23. The summed E-state index contributed by atoms with van der Waals surface area (Å²) in [5.41, 5.74) is 0. The van der Waals surface area contributed by atoms with E-state index in [0.29, 0.717) is 13.0 Å². The predicted molar refractivity (Wildman–Crippen MR) is 55.1 cm³/mol. The van der Waals surface area contributed by atoms with Crippen LogP contribution < -0.4 is 5.32 Å². The molecule has 0 fully saturated rings. The van der Waals surface area contributed by atoms with E-state index in [4.69, 9.17) is 51.7 Å². The van der Waals surface area contributed by atoms with Gasteiger partial charge in [0, 0.05) is 13.5 Å². The van der Waals surface area contributed by atoms with Crippen molar-refractivity contribution < 1.29 is 4.79 Å². The van der Waals surface area contributed by atoms with Crippen LogP contribution in [0.25, 0.3) is 0 Å². The third-order valence-electron chi connectivity index (χ3n) is 0.611. The van der Waals surface area contributed by atoms with Gasteiger partial charge in [-0.1, -0.05) is 46.4 Å². The highest BCUT2D eigenvalue weighted by Gasteiger charge is 2.11. The summed E-state index contributed by atoms with van der Waals surface area (Å²) in [6.07, 6.45) is 0.388.